The van der Waals surface area contributed by atoms with Gasteiger partial charge in [-0.05, 0) is 49.9 Å². The third kappa shape index (κ3) is 3.50. The number of Topliss-reactive ketones (excluding diaryl/α,β-unsaturated/α-hetero) is 1. The predicted octanol–water partition coefficient (Wildman–Crippen LogP) is 3.44. The standard InChI is InChI=1S/C22H22N2O3/c1-14(25)16-7-4-9-17(12-16)23-21(26)18-13-19(18)22(27)24-11-5-8-15-6-2-3-10-20(15)24/h2-4,6-7,9-10,12,18-19H,5,8,11,13H2,1H3,(H,23,26). The van der Waals surface area contributed by atoms with Gasteiger partial charge >= 0.3 is 0 Å². The summed E-state index contributed by atoms with van der Waals surface area (Å²) in [5.41, 5.74) is 3.32. The third-order valence-electron chi connectivity index (χ3n) is 5.36. The van der Waals surface area contributed by atoms with Crippen LogP contribution in [0.4, 0.5) is 11.4 Å². The van der Waals surface area contributed by atoms with Crippen molar-refractivity contribution in [3.8, 4) is 0 Å². The van der Waals surface area contributed by atoms with Gasteiger partial charge in [0, 0.05) is 23.5 Å². The van der Waals surface area contributed by atoms with Crippen molar-refractivity contribution in [1.29, 1.82) is 0 Å². The third-order valence-corrected chi connectivity index (χ3v) is 5.36. The largest absolute Gasteiger partial charge is 0.326 e. The number of nitrogens with zero attached hydrogens (tertiary/aromatic N) is 1. The summed E-state index contributed by atoms with van der Waals surface area (Å²) in [6, 6.07) is 14.9. The number of benzene rings is 2. The minimum absolute atomic E-state index is 0.0415. The van der Waals surface area contributed by atoms with Crippen LogP contribution in [-0.2, 0) is 16.0 Å². The second-order valence-corrected chi connectivity index (χ2v) is 7.30. The van der Waals surface area contributed by atoms with Crippen molar-refractivity contribution in [3.63, 3.8) is 0 Å². The highest BCUT2D eigenvalue weighted by Crippen LogP contribution is 2.42. The first kappa shape index (κ1) is 17.5. The number of aryl methyl sites for hydroxylation is 1. The number of hydrogen-bond acceptors (Lipinski definition) is 3. The Hall–Kier alpha value is -2.95. The van der Waals surface area contributed by atoms with Crippen LogP contribution in [0.3, 0.4) is 0 Å². The molecular formula is C22H22N2O3. The molecule has 1 N–H and O–H groups in total. The summed E-state index contributed by atoms with van der Waals surface area (Å²) in [4.78, 5) is 38.8. The first-order valence-electron chi connectivity index (χ1n) is 9.36. The van der Waals surface area contributed by atoms with E-state index in [1.165, 1.54) is 12.5 Å². The van der Waals surface area contributed by atoms with Crippen molar-refractivity contribution >= 4 is 29.0 Å². The van der Waals surface area contributed by atoms with E-state index < -0.39 is 0 Å². The fourth-order valence-electron chi connectivity index (χ4n) is 3.77. The van der Waals surface area contributed by atoms with Gasteiger partial charge in [0.25, 0.3) is 0 Å². The summed E-state index contributed by atoms with van der Waals surface area (Å²) in [5.74, 6) is -0.715. The smallest absolute Gasteiger partial charge is 0.230 e. The van der Waals surface area contributed by atoms with E-state index in [0.29, 0.717) is 24.2 Å². The van der Waals surface area contributed by atoms with Crippen LogP contribution in [0.1, 0.15) is 35.7 Å². The van der Waals surface area contributed by atoms with Gasteiger partial charge in [-0.2, -0.15) is 0 Å². The molecule has 4 rings (SSSR count). The number of anilines is 2. The molecular weight excluding hydrogens is 340 g/mol. The van der Waals surface area contributed by atoms with Crippen molar-refractivity contribution in [2.75, 3.05) is 16.8 Å². The molecule has 5 nitrogen and oxygen atoms in total. The van der Waals surface area contributed by atoms with E-state index in [0.717, 1.165) is 18.5 Å². The number of carbonyl (C=O) groups is 3. The molecule has 2 atom stereocenters. The average molecular weight is 362 g/mol. The first-order chi connectivity index (χ1) is 13.0. The number of rotatable bonds is 4. The monoisotopic (exact) mass is 362 g/mol. The van der Waals surface area contributed by atoms with Crippen LogP contribution in [0, 0.1) is 11.8 Å². The van der Waals surface area contributed by atoms with Crippen LogP contribution < -0.4 is 10.2 Å². The molecule has 2 aromatic rings. The molecule has 1 aliphatic heterocycles. The Labute approximate surface area is 158 Å². The molecule has 27 heavy (non-hydrogen) atoms. The molecule has 1 heterocycles. The molecule has 2 aliphatic rings. The lowest BCUT2D eigenvalue weighted by atomic mass is 10.0. The maximum atomic E-state index is 12.9. The Morgan fingerprint density at radius 2 is 1.85 bits per heavy atom. The summed E-state index contributed by atoms with van der Waals surface area (Å²) in [6.45, 7) is 2.20. The zero-order valence-corrected chi connectivity index (χ0v) is 15.3. The Kier molecular flexibility index (Phi) is 4.52. The molecule has 1 saturated carbocycles. The highest BCUT2D eigenvalue weighted by Gasteiger charge is 2.50. The van der Waals surface area contributed by atoms with Crippen LogP contribution in [0.15, 0.2) is 48.5 Å². The quantitative estimate of drug-likeness (QED) is 0.847. The predicted molar refractivity (Wildman–Crippen MR) is 104 cm³/mol. The maximum absolute atomic E-state index is 12.9. The summed E-state index contributed by atoms with van der Waals surface area (Å²) in [5, 5.41) is 2.84. The van der Waals surface area contributed by atoms with E-state index in [9.17, 15) is 14.4 Å². The van der Waals surface area contributed by atoms with Crippen LogP contribution in [0.2, 0.25) is 0 Å². The zero-order chi connectivity index (χ0) is 19.0. The Morgan fingerprint density at radius 3 is 2.67 bits per heavy atom. The SMILES string of the molecule is CC(=O)c1cccc(NC(=O)C2CC2C(=O)N2CCCc3ccccc32)c1. The van der Waals surface area contributed by atoms with Crippen LogP contribution in [0.25, 0.3) is 0 Å². The fourth-order valence-corrected chi connectivity index (χ4v) is 3.77. The van der Waals surface area contributed by atoms with Gasteiger partial charge in [-0.25, -0.2) is 0 Å². The molecule has 1 fully saturated rings. The molecule has 5 heteroatoms. The number of fused-ring (bicyclic) bond motifs is 1. The van der Waals surface area contributed by atoms with E-state index in [2.05, 4.69) is 11.4 Å². The summed E-state index contributed by atoms with van der Waals surface area (Å²) < 4.78 is 0. The van der Waals surface area contributed by atoms with E-state index >= 15 is 0 Å². The summed E-state index contributed by atoms with van der Waals surface area (Å²) in [6.07, 6.45) is 2.51. The Balaban J connectivity index is 1.42. The molecule has 0 bridgehead atoms. The van der Waals surface area contributed by atoms with Crippen LogP contribution in [0.5, 0.6) is 0 Å². The first-order valence-corrected chi connectivity index (χ1v) is 9.36. The van der Waals surface area contributed by atoms with E-state index in [1.54, 1.807) is 24.3 Å². The molecule has 1 aliphatic carbocycles. The van der Waals surface area contributed by atoms with Gasteiger partial charge in [-0.3, -0.25) is 14.4 Å². The maximum Gasteiger partial charge on any atom is 0.230 e. The molecule has 2 aromatic carbocycles. The number of para-hydroxylation sites is 1. The van der Waals surface area contributed by atoms with Crippen molar-refractivity contribution in [1.82, 2.24) is 0 Å². The Bertz CT molecular complexity index is 921. The molecule has 0 spiro atoms. The molecule has 0 aromatic heterocycles. The number of nitrogens with one attached hydrogen (secondary N) is 1. The van der Waals surface area contributed by atoms with Gasteiger partial charge in [-0.15, -0.1) is 0 Å². The lowest BCUT2D eigenvalue weighted by Crippen LogP contribution is -2.37. The lowest BCUT2D eigenvalue weighted by molar-refractivity contribution is -0.123. The van der Waals surface area contributed by atoms with Crippen molar-refractivity contribution in [2.45, 2.75) is 26.2 Å². The fraction of sp³-hybridized carbons (Fsp3) is 0.318. The second kappa shape index (κ2) is 6.99. The molecule has 0 saturated heterocycles. The van der Waals surface area contributed by atoms with Gasteiger partial charge < -0.3 is 10.2 Å². The molecule has 2 unspecified atom stereocenters. The molecule has 0 radical (unpaired) electrons. The second-order valence-electron chi connectivity index (χ2n) is 7.30. The minimum Gasteiger partial charge on any atom is -0.326 e. The van der Waals surface area contributed by atoms with Crippen molar-refractivity contribution in [3.05, 3.63) is 59.7 Å². The highest BCUT2D eigenvalue weighted by molar-refractivity contribution is 6.05. The molecule has 138 valence electrons. The summed E-state index contributed by atoms with van der Waals surface area (Å²) >= 11 is 0. The number of amides is 2. The van der Waals surface area contributed by atoms with Crippen LogP contribution >= 0.6 is 0 Å². The van der Waals surface area contributed by atoms with Gasteiger partial charge in [0.15, 0.2) is 5.78 Å². The van der Waals surface area contributed by atoms with Crippen LogP contribution in [-0.4, -0.2) is 24.1 Å². The van der Waals surface area contributed by atoms with Gasteiger partial charge in [-0.1, -0.05) is 30.3 Å². The van der Waals surface area contributed by atoms with Gasteiger partial charge in [0.05, 0.1) is 11.8 Å². The van der Waals surface area contributed by atoms with Gasteiger partial charge in [0.2, 0.25) is 11.8 Å². The summed E-state index contributed by atoms with van der Waals surface area (Å²) in [7, 11) is 0. The number of ketones is 1. The molecule has 2 amide bonds. The number of hydrogen-bond donors (Lipinski definition) is 1. The van der Waals surface area contributed by atoms with E-state index in [4.69, 9.17) is 0 Å². The number of carbonyl (C=O) groups excluding carboxylic acids is 3. The topological polar surface area (TPSA) is 66.5 Å². The lowest BCUT2D eigenvalue weighted by Gasteiger charge is -2.29. The van der Waals surface area contributed by atoms with E-state index in [1.807, 2.05) is 23.1 Å². The normalized spacial score (nSPS) is 20.6. The Morgan fingerprint density at radius 1 is 1.04 bits per heavy atom. The minimum atomic E-state index is -0.299. The van der Waals surface area contributed by atoms with Crippen molar-refractivity contribution in [2.24, 2.45) is 11.8 Å². The average Bonchev–Trinajstić information content (AvgIpc) is 3.48. The zero-order valence-electron chi connectivity index (χ0n) is 15.3. The van der Waals surface area contributed by atoms with Crippen molar-refractivity contribution < 1.29 is 14.4 Å². The van der Waals surface area contributed by atoms with E-state index in [-0.39, 0.29) is 29.4 Å². The highest BCUT2D eigenvalue weighted by atomic mass is 16.2. The van der Waals surface area contributed by atoms with Gasteiger partial charge in [0.1, 0.15) is 0 Å².